The van der Waals surface area contributed by atoms with Crippen LogP contribution in [0.2, 0.25) is 0 Å². The Bertz CT molecular complexity index is 839. The predicted octanol–water partition coefficient (Wildman–Crippen LogP) is 4.63. The van der Waals surface area contributed by atoms with Crippen molar-refractivity contribution in [3.8, 4) is 0 Å². The van der Waals surface area contributed by atoms with E-state index in [-0.39, 0.29) is 5.91 Å². The average molecular weight is 392 g/mol. The highest BCUT2D eigenvalue weighted by atomic mass is 16.1. The third kappa shape index (κ3) is 5.34. The summed E-state index contributed by atoms with van der Waals surface area (Å²) in [6.45, 7) is 3.06. The SMILES string of the molecule is O=C(Nc1ccc(N2CCCC2)cc1)c1cnc(NCCC2=CCCCC2)cn1. The fourth-order valence-corrected chi connectivity index (χ4v) is 3.95. The topological polar surface area (TPSA) is 70.2 Å². The van der Waals surface area contributed by atoms with Crippen molar-refractivity contribution in [1.82, 2.24) is 9.97 Å². The molecular formula is C23H29N5O. The maximum absolute atomic E-state index is 12.4. The minimum absolute atomic E-state index is 0.245. The lowest BCUT2D eigenvalue weighted by molar-refractivity contribution is 0.102. The Balaban J connectivity index is 1.26. The maximum atomic E-state index is 12.4. The Morgan fingerprint density at radius 1 is 1.00 bits per heavy atom. The molecule has 6 nitrogen and oxygen atoms in total. The number of carbonyl (C=O) groups is 1. The number of hydrogen-bond donors (Lipinski definition) is 2. The average Bonchev–Trinajstić information content (AvgIpc) is 3.30. The first-order chi connectivity index (χ1) is 14.3. The van der Waals surface area contributed by atoms with Crippen molar-refractivity contribution in [2.75, 3.05) is 35.2 Å². The second-order valence-corrected chi connectivity index (χ2v) is 7.77. The van der Waals surface area contributed by atoms with Crippen LogP contribution in [0.1, 0.15) is 55.4 Å². The number of allylic oxidation sites excluding steroid dienone is 1. The van der Waals surface area contributed by atoms with Crippen molar-refractivity contribution in [3.63, 3.8) is 0 Å². The molecule has 0 spiro atoms. The van der Waals surface area contributed by atoms with E-state index in [2.05, 4.69) is 43.7 Å². The van der Waals surface area contributed by atoms with Gasteiger partial charge in [-0.1, -0.05) is 11.6 Å². The summed E-state index contributed by atoms with van der Waals surface area (Å²) < 4.78 is 0. The maximum Gasteiger partial charge on any atom is 0.275 e. The second kappa shape index (κ2) is 9.54. The third-order valence-corrected chi connectivity index (χ3v) is 5.62. The Kier molecular flexibility index (Phi) is 6.39. The van der Waals surface area contributed by atoms with Crippen LogP contribution in [0.4, 0.5) is 17.2 Å². The van der Waals surface area contributed by atoms with Crippen molar-refractivity contribution in [2.24, 2.45) is 0 Å². The molecule has 0 atom stereocenters. The highest BCUT2D eigenvalue weighted by Gasteiger charge is 2.13. The quantitative estimate of drug-likeness (QED) is 0.673. The zero-order valence-corrected chi connectivity index (χ0v) is 16.9. The molecule has 1 aromatic heterocycles. The molecule has 2 heterocycles. The summed E-state index contributed by atoms with van der Waals surface area (Å²) in [5, 5.41) is 6.18. The minimum Gasteiger partial charge on any atom is -0.372 e. The molecule has 1 saturated heterocycles. The van der Waals surface area contributed by atoms with Gasteiger partial charge in [0.15, 0.2) is 0 Å². The number of nitrogens with zero attached hydrogens (tertiary/aromatic N) is 3. The lowest BCUT2D eigenvalue weighted by Gasteiger charge is -2.17. The summed E-state index contributed by atoms with van der Waals surface area (Å²) in [6, 6.07) is 7.99. The highest BCUT2D eigenvalue weighted by molar-refractivity contribution is 6.02. The van der Waals surface area contributed by atoms with Crippen LogP contribution in [0.5, 0.6) is 0 Å². The van der Waals surface area contributed by atoms with Crippen molar-refractivity contribution in [1.29, 1.82) is 0 Å². The molecule has 1 aliphatic heterocycles. The zero-order valence-electron chi connectivity index (χ0n) is 16.9. The minimum atomic E-state index is -0.245. The standard InChI is InChI=1S/C23H29N5O/c29-23(27-19-8-10-20(11-9-19)28-14-4-5-15-28)21-16-26-22(17-25-21)24-13-12-18-6-2-1-3-7-18/h6,8-11,16-17H,1-5,7,12-15H2,(H,24,26)(H,27,29). The van der Waals surface area contributed by atoms with Gasteiger partial charge in [-0.2, -0.15) is 0 Å². The number of rotatable bonds is 7. The molecule has 2 aromatic rings. The van der Waals surface area contributed by atoms with Gasteiger partial charge < -0.3 is 15.5 Å². The van der Waals surface area contributed by atoms with E-state index >= 15 is 0 Å². The van der Waals surface area contributed by atoms with Crippen molar-refractivity contribution in [2.45, 2.75) is 44.9 Å². The third-order valence-electron chi connectivity index (χ3n) is 5.62. The van der Waals surface area contributed by atoms with E-state index in [1.807, 2.05) is 12.1 Å². The normalized spacial score (nSPS) is 16.4. The molecule has 0 bridgehead atoms. The first-order valence-corrected chi connectivity index (χ1v) is 10.7. The van der Waals surface area contributed by atoms with Gasteiger partial charge in [0, 0.05) is 31.0 Å². The van der Waals surface area contributed by atoms with E-state index in [9.17, 15) is 4.79 Å². The van der Waals surface area contributed by atoms with E-state index in [1.165, 1.54) is 56.0 Å². The smallest absolute Gasteiger partial charge is 0.275 e. The summed E-state index contributed by atoms with van der Waals surface area (Å²) >= 11 is 0. The Morgan fingerprint density at radius 3 is 2.52 bits per heavy atom. The van der Waals surface area contributed by atoms with E-state index in [0.29, 0.717) is 11.5 Å². The summed E-state index contributed by atoms with van der Waals surface area (Å²) in [5.41, 5.74) is 3.82. The van der Waals surface area contributed by atoms with E-state index in [4.69, 9.17) is 0 Å². The molecule has 0 unspecified atom stereocenters. The molecule has 1 fully saturated rings. The van der Waals surface area contributed by atoms with E-state index < -0.39 is 0 Å². The molecule has 6 heteroatoms. The Labute approximate surface area is 172 Å². The van der Waals surface area contributed by atoms with Gasteiger partial charge in [-0.3, -0.25) is 4.79 Å². The number of aromatic nitrogens is 2. The molecule has 2 N–H and O–H groups in total. The van der Waals surface area contributed by atoms with Gasteiger partial charge in [0.1, 0.15) is 11.5 Å². The highest BCUT2D eigenvalue weighted by Crippen LogP contribution is 2.22. The van der Waals surface area contributed by atoms with Gasteiger partial charge in [0.2, 0.25) is 0 Å². The van der Waals surface area contributed by atoms with Crippen LogP contribution in [0.15, 0.2) is 48.3 Å². The molecule has 29 heavy (non-hydrogen) atoms. The number of benzene rings is 1. The summed E-state index contributed by atoms with van der Waals surface area (Å²) in [6.07, 6.45) is 14.1. The first kappa shape index (κ1) is 19.4. The van der Waals surface area contributed by atoms with Gasteiger partial charge in [-0.05, 0) is 69.2 Å². The van der Waals surface area contributed by atoms with E-state index in [0.717, 1.165) is 31.7 Å². The van der Waals surface area contributed by atoms with Crippen LogP contribution in [0.25, 0.3) is 0 Å². The van der Waals surface area contributed by atoms with Gasteiger partial charge in [0.05, 0.1) is 12.4 Å². The number of anilines is 3. The lowest BCUT2D eigenvalue weighted by atomic mass is 9.97. The Hall–Kier alpha value is -2.89. The largest absolute Gasteiger partial charge is 0.372 e. The number of nitrogens with one attached hydrogen (secondary N) is 2. The van der Waals surface area contributed by atoms with Crippen LogP contribution in [-0.2, 0) is 0 Å². The molecule has 4 rings (SSSR count). The summed E-state index contributed by atoms with van der Waals surface area (Å²) in [5.74, 6) is 0.457. The number of amides is 1. The van der Waals surface area contributed by atoms with Crippen molar-refractivity contribution >= 4 is 23.1 Å². The summed E-state index contributed by atoms with van der Waals surface area (Å²) in [7, 11) is 0. The van der Waals surface area contributed by atoms with Crippen LogP contribution in [0.3, 0.4) is 0 Å². The van der Waals surface area contributed by atoms with Crippen molar-refractivity contribution < 1.29 is 4.79 Å². The molecule has 1 aliphatic carbocycles. The van der Waals surface area contributed by atoms with E-state index in [1.54, 1.807) is 6.20 Å². The molecule has 0 radical (unpaired) electrons. The molecular weight excluding hydrogens is 362 g/mol. The van der Waals surface area contributed by atoms with Crippen LogP contribution >= 0.6 is 0 Å². The Morgan fingerprint density at radius 2 is 1.83 bits per heavy atom. The fraction of sp³-hybridized carbons (Fsp3) is 0.435. The predicted molar refractivity (Wildman–Crippen MR) is 118 cm³/mol. The van der Waals surface area contributed by atoms with Gasteiger partial charge >= 0.3 is 0 Å². The van der Waals surface area contributed by atoms with Crippen LogP contribution in [0, 0.1) is 0 Å². The molecule has 0 saturated carbocycles. The second-order valence-electron chi connectivity index (χ2n) is 7.77. The van der Waals surface area contributed by atoms with Crippen molar-refractivity contribution in [3.05, 3.63) is 54.0 Å². The molecule has 152 valence electrons. The molecule has 2 aliphatic rings. The fourth-order valence-electron chi connectivity index (χ4n) is 3.95. The van der Waals surface area contributed by atoms with Gasteiger partial charge in [-0.25, -0.2) is 9.97 Å². The number of hydrogen-bond acceptors (Lipinski definition) is 5. The van der Waals surface area contributed by atoms with Gasteiger partial charge in [0.25, 0.3) is 5.91 Å². The monoisotopic (exact) mass is 391 g/mol. The molecule has 1 aromatic carbocycles. The van der Waals surface area contributed by atoms with Crippen LogP contribution < -0.4 is 15.5 Å². The van der Waals surface area contributed by atoms with Crippen LogP contribution in [-0.4, -0.2) is 35.5 Å². The van der Waals surface area contributed by atoms with Gasteiger partial charge in [-0.15, -0.1) is 0 Å². The zero-order chi connectivity index (χ0) is 19.9. The molecule has 1 amide bonds. The lowest BCUT2D eigenvalue weighted by Crippen LogP contribution is -2.18. The first-order valence-electron chi connectivity index (χ1n) is 10.7. The number of carbonyl (C=O) groups excluding carboxylic acids is 1. The summed E-state index contributed by atoms with van der Waals surface area (Å²) in [4.78, 5) is 23.4.